The minimum absolute atomic E-state index is 0.921. The summed E-state index contributed by atoms with van der Waals surface area (Å²) in [7, 11) is 0. The first-order chi connectivity index (χ1) is 7.65. The SMILES string of the molecule is Cc1ccc(CCn2nc(C)cc2C)cn1. The van der Waals surface area contributed by atoms with Crippen molar-refractivity contribution in [1.29, 1.82) is 0 Å². The quantitative estimate of drug-likeness (QED) is 0.787. The van der Waals surface area contributed by atoms with Crippen LogP contribution in [0.3, 0.4) is 0 Å². The average Bonchev–Trinajstić information content (AvgIpc) is 2.57. The summed E-state index contributed by atoms with van der Waals surface area (Å²) in [5, 5.41) is 4.44. The molecule has 0 fully saturated rings. The molecule has 2 aromatic rings. The Morgan fingerprint density at radius 3 is 2.50 bits per heavy atom. The van der Waals surface area contributed by atoms with Crippen LogP contribution in [0.15, 0.2) is 24.4 Å². The lowest BCUT2D eigenvalue weighted by Gasteiger charge is -2.04. The standard InChI is InChI=1S/C13H17N3/c1-10-4-5-13(9-14-10)6-7-16-12(3)8-11(2)15-16/h4-5,8-9H,6-7H2,1-3H3. The van der Waals surface area contributed by atoms with E-state index < -0.39 is 0 Å². The summed E-state index contributed by atoms with van der Waals surface area (Å²) in [6, 6.07) is 6.29. The summed E-state index contributed by atoms with van der Waals surface area (Å²) < 4.78 is 2.05. The van der Waals surface area contributed by atoms with Gasteiger partial charge in [0.25, 0.3) is 0 Å². The number of nitrogens with zero attached hydrogens (tertiary/aromatic N) is 3. The van der Waals surface area contributed by atoms with Gasteiger partial charge < -0.3 is 0 Å². The molecule has 3 nitrogen and oxygen atoms in total. The number of aryl methyl sites for hydroxylation is 5. The van der Waals surface area contributed by atoms with E-state index in [1.807, 2.05) is 20.0 Å². The van der Waals surface area contributed by atoms with Gasteiger partial charge in [-0.1, -0.05) is 6.07 Å². The third kappa shape index (κ3) is 2.48. The molecular formula is C13H17N3. The van der Waals surface area contributed by atoms with Crippen LogP contribution in [0, 0.1) is 20.8 Å². The maximum atomic E-state index is 4.44. The molecule has 2 heterocycles. The van der Waals surface area contributed by atoms with Gasteiger partial charge in [-0.25, -0.2) is 0 Å². The Kier molecular flexibility index (Phi) is 3.04. The minimum atomic E-state index is 0.921. The Bertz CT molecular complexity index is 468. The van der Waals surface area contributed by atoms with Gasteiger partial charge in [0, 0.05) is 24.1 Å². The summed E-state index contributed by atoms with van der Waals surface area (Å²) in [5.74, 6) is 0. The highest BCUT2D eigenvalue weighted by atomic mass is 15.3. The van der Waals surface area contributed by atoms with Gasteiger partial charge in [0.2, 0.25) is 0 Å². The minimum Gasteiger partial charge on any atom is -0.269 e. The zero-order valence-electron chi connectivity index (χ0n) is 10.1. The summed E-state index contributed by atoms with van der Waals surface area (Å²) in [4.78, 5) is 4.29. The molecule has 3 heteroatoms. The van der Waals surface area contributed by atoms with Gasteiger partial charge in [0.05, 0.1) is 5.69 Å². The molecule has 2 rings (SSSR count). The Morgan fingerprint density at radius 2 is 1.94 bits per heavy atom. The molecule has 0 aliphatic rings. The molecule has 0 atom stereocenters. The van der Waals surface area contributed by atoms with Crippen molar-refractivity contribution in [2.45, 2.75) is 33.7 Å². The van der Waals surface area contributed by atoms with Crippen molar-refractivity contribution in [3.63, 3.8) is 0 Å². The maximum absolute atomic E-state index is 4.44. The molecule has 0 radical (unpaired) electrons. The molecule has 0 aliphatic carbocycles. The average molecular weight is 215 g/mol. The molecule has 0 bridgehead atoms. The Balaban J connectivity index is 2.02. The van der Waals surface area contributed by atoms with Crippen molar-refractivity contribution in [2.75, 3.05) is 0 Å². The molecule has 0 unspecified atom stereocenters. The van der Waals surface area contributed by atoms with Gasteiger partial charge in [-0.05, 0) is 44.9 Å². The van der Waals surface area contributed by atoms with Crippen LogP contribution in [0.2, 0.25) is 0 Å². The monoisotopic (exact) mass is 215 g/mol. The highest BCUT2D eigenvalue weighted by Crippen LogP contribution is 2.05. The first kappa shape index (κ1) is 10.9. The smallest absolute Gasteiger partial charge is 0.0596 e. The third-order valence-electron chi connectivity index (χ3n) is 2.69. The van der Waals surface area contributed by atoms with E-state index in [0.717, 1.165) is 24.4 Å². The van der Waals surface area contributed by atoms with E-state index in [0.29, 0.717) is 0 Å². The van der Waals surface area contributed by atoms with Gasteiger partial charge in [-0.2, -0.15) is 5.10 Å². The fourth-order valence-electron chi connectivity index (χ4n) is 1.78. The second kappa shape index (κ2) is 4.47. The molecule has 0 N–H and O–H groups in total. The predicted octanol–water partition coefficient (Wildman–Crippen LogP) is 2.45. The van der Waals surface area contributed by atoms with Gasteiger partial charge in [0.1, 0.15) is 0 Å². The first-order valence-corrected chi connectivity index (χ1v) is 5.58. The van der Waals surface area contributed by atoms with Gasteiger partial charge in [-0.15, -0.1) is 0 Å². The third-order valence-corrected chi connectivity index (χ3v) is 2.69. The van der Waals surface area contributed by atoms with Crippen LogP contribution in [-0.2, 0) is 13.0 Å². The van der Waals surface area contributed by atoms with Crippen LogP contribution < -0.4 is 0 Å². The zero-order valence-corrected chi connectivity index (χ0v) is 10.1. The molecule has 0 spiro atoms. The van der Waals surface area contributed by atoms with E-state index in [2.05, 4.69) is 39.9 Å². The number of pyridine rings is 1. The van der Waals surface area contributed by atoms with Crippen LogP contribution in [0.4, 0.5) is 0 Å². The normalized spacial score (nSPS) is 10.7. The van der Waals surface area contributed by atoms with E-state index in [9.17, 15) is 0 Å². The van der Waals surface area contributed by atoms with Crippen LogP contribution in [0.5, 0.6) is 0 Å². The second-order valence-corrected chi connectivity index (χ2v) is 4.21. The first-order valence-electron chi connectivity index (χ1n) is 5.58. The number of aromatic nitrogens is 3. The van der Waals surface area contributed by atoms with Crippen LogP contribution >= 0.6 is 0 Å². The van der Waals surface area contributed by atoms with E-state index >= 15 is 0 Å². The largest absolute Gasteiger partial charge is 0.269 e. The van der Waals surface area contributed by atoms with Crippen LogP contribution in [0.25, 0.3) is 0 Å². The molecule has 0 aliphatic heterocycles. The van der Waals surface area contributed by atoms with E-state index in [1.54, 1.807) is 0 Å². The Morgan fingerprint density at radius 1 is 1.12 bits per heavy atom. The fourth-order valence-corrected chi connectivity index (χ4v) is 1.78. The van der Waals surface area contributed by atoms with Crippen molar-refractivity contribution in [3.8, 4) is 0 Å². The van der Waals surface area contributed by atoms with Gasteiger partial charge >= 0.3 is 0 Å². The molecule has 0 saturated heterocycles. The predicted molar refractivity (Wildman–Crippen MR) is 64.4 cm³/mol. The van der Waals surface area contributed by atoms with Crippen molar-refractivity contribution < 1.29 is 0 Å². The molecular weight excluding hydrogens is 198 g/mol. The van der Waals surface area contributed by atoms with Crippen LogP contribution in [0.1, 0.15) is 22.6 Å². The number of hydrogen-bond donors (Lipinski definition) is 0. The summed E-state index contributed by atoms with van der Waals surface area (Å²) in [5.41, 5.74) is 4.63. The fraction of sp³-hybridized carbons (Fsp3) is 0.385. The van der Waals surface area contributed by atoms with E-state index in [4.69, 9.17) is 0 Å². The number of hydrogen-bond acceptors (Lipinski definition) is 2. The zero-order chi connectivity index (χ0) is 11.5. The second-order valence-electron chi connectivity index (χ2n) is 4.21. The lowest BCUT2D eigenvalue weighted by Crippen LogP contribution is -2.05. The lowest BCUT2D eigenvalue weighted by atomic mass is 10.2. The summed E-state index contributed by atoms with van der Waals surface area (Å²) in [6.45, 7) is 7.04. The summed E-state index contributed by atoms with van der Waals surface area (Å²) >= 11 is 0. The molecule has 0 amide bonds. The number of rotatable bonds is 3. The van der Waals surface area contributed by atoms with E-state index in [-0.39, 0.29) is 0 Å². The van der Waals surface area contributed by atoms with Gasteiger partial charge in [-0.3, -0.25) is 9.67 Å². The Hall–Kier alpha value is -1.64. The lowest BCUT2D eigenvalue weighted by molar-refractivity contribution is 0.593. The maximum Gasteiger partial charge on any atom is 0.0596 e. The molecule has 16 heavy (non-hydrogen) atoms. The van der Waals surface area contributed by atoms with Crippen molar-refractivity contribution in [3.05, 3.63) is 47.0 Å². The van der Waals surface area contributed by atoms with Crippen LogP contribution in [-0.4, -0.2) is 14.8 Å². The summed E-state index contributed by atoms with van der Waals surface area (Å²) in [6.07, 6.45) is 2.93. The Labute approximate surface area is 96.1 Å². The molecule has 2 aromatic heterocycles. The molecule has 0 aromatic carbocycles. The van der Waals surface area contributed by atoms with Crippen molar-refractivity contribution in [1.82, 2.24) is 14.8 Å². The topological polar surface area (TPSA) is 30.7 Å². The highest BCUT2D eigenvalue weighted by molar-refractivity contribution is 5.13. The molecule has 84 valence electrons. The van der Waals surface area contributed by atoms with Gasteiger partial charge in [0.15, 0.2) is 0 Å². The highest BCUT2D eigenvalue weighted by Gasteiger charge is 2.01. The van der Waals surface area contributed by atoms with E-state index in [1.165, 1.54) is 11.3 Å². The molecule has 0 saturated carbocycles. The van der Waals surface area contributed by atoms with Crippen molar-refractivity contribution >= 4 is 0 Å². The van der Waals surface area contributed by atoms with Crippen molar-refractivity contribution in [2.24, 2.45) is 0 Å².